The molecule has 0 saturated carbocycles. The average molecular weight is 938 g/mol. The number of aromatic nitrogens is 2. The van der Waals surface area contributed by atoms with E-state index in [9.17, 15) is 23.3 Å². The predicted octanol–water partition coefficient (Wildman–Crippen LogP) is 9.10. The molecule has 2 aromatic heterocycles. The number of benzene rings is 3. The fraction of sp³-hybridized carbons (Fsp3) is 0.429. The van der Waals surface area contributed by atoms with Crippen molar-refractivity contribution < 1.29 is 27.6 Å². The summed E-state index contributed by atoms with van der Waals surface area (Å²) in [6.07, 6.45) is 7.26. The van der Waals surface area contributed by atoms with E-state index >= 15 is 0 Å². The van der Waals surface area contributed by atoms with Crippen molar-refractivity contribution in [3.8, 4) is 5.88 Å². The second kappa shape index (κ2) is 18.9. The van der Waals surface area contributed by atoms with Gasteiger partial charge >= 0.3 is 0 Å². The third-order valence-corrected chi connectivity index (χ3v) is 15.3. The molecular formula is C49H57ClN8O7S. The second-order valence-corrected chi connectivity index (χ2v) is 20.8. The van der Waals surface area contributed by atoms with Crippen molar-refractivity contribution in [3.05, 3.63) is 110 Å². The molecule has 66 heavy (non-hydrogen) atoms. The molecule has 0 bridgehead atoms. The van der Waals surface area contributed by atoms with Gasteiger partial charge in [-0.2, -0.15) is 4.98 Å². The minimum atomic E-state index is -4.57. The van der Waals surface area contributed by atoms with Gasteiger partial charge in [0.1, 0.15) is 17.0 Å². The number of carbonyl (C=O) groups is 1. The van der Waals surface area contributed by atoms with Crippen LogP contribution in [0.5, 0.6) is 5.88 Å². The number of nitrogens with zero attached hydrogens (tertiary/aromatic N) is 5. The maximum Gasteiger partial charge on any atom is 0.293 e. The van der Waals surface area contributed by atoms with E-state index in [4.69, 9.17) is 26.1 Å². The van der Waals surface area contributed by atoms with Crippen molar-refractivity contribution in [2.24, 2.45) is 11.3 Å². The van der Waals surface area contributed by atoms with Gasteiger partial charge in [-0.3, -0.25) is 19.8 Å². The number of pyridine rings is 1. The first-order chi connectivity index (χ1) is 31.7. The summed E-state index contributed by atoms with van der Waals surface area (Å²) in [4.78, 5) is 40.3. The van der Waals surface area contributed by atoms with E-state index in [1.807, 2.05) is 35.2 Å². The molecule has 15 nitrogen and oxygen atoms in total. The van der Waals surface area contributed by atoms with Crippen LogP contribution in [0.3, 0.4) is 0 Å². The summed E-state index contributed by atoms with van der Waals surface area (Å²) >= 11 is 6.44. The summed E-state index contributed by atoms with van der Waals surface area (Å²) in [5, 5.41) is 17.0. The van der Waals surface area contributed by atoms with E-state index in [0.717, 1.165) is 92.6 Å². The number of nitro groups is 1. The summed E-state index contributed by atoms with van der Waals surface area (Å²) < 4.78 is 41.7. The molecule has 0 atom stereocenters. The Hall–Kier alpha value is -5.68. The van der Waals surface area contributed by atoms with Crippen LogP contribution in [0.25, 0.3) is 16.6 Å². The van der Waals surface area contributed by atoms with Gasteiger partial charge in [-0.15, -0.1) is 0 Å². The summed E-state index contributed by atoms with van der Waals surface area (Å²) in [5.74, 6) is -0.203. The number of hydrogen-bond acceptors (Lipinski definition) is 12. The number of sulfonamides is 1. The molecule has 3 N–H and O–H groups in total. The van der Waals surface area contributed by atoms with Crippen LogP contribution in [0, 0.1) is 28.4 Å². The van der Waals surface area contributed by atoms with Crippen LogP contribution in [0.2, 0.25) is 5.02 Å². The Labute approximate surface area is 390 Å². The molecule has 0 radical (unpaired) electrons. The van der Waals surface area contributed by atoms with E-state index in [1.165, 1.54) is 28.8 Å². The molecular weight excluding hydrogens is 880 g/mol. The van der Waals surface area contributed by atoms with Crippen molar-refractivity contribution >= 4 is 72.6 Å². The maximum absolute atomic E-state index is 14.4. The highest BCUT2D eigenvalue weighted by Gasteiger charge is 2.32. The topological polar surface area (TPSA) is 175 Å². The van der Waals surface area contributed by atoms with Crippen molar-refractivity contribution in [2.75, 3.05) is 80.8 Å². The molecule has 348 valence electrons. The number of allylic oxidation sites excluding steroid dienone is 1. The van der Waals surface area contributed by atoms with Crippen molar-refractivity contribution in [1.82, 2.24) is 19.6 Å². The first-order valence-corrected chi connectivity index (χ1v) is 24.7. The first kappa shape index (κ1) is 45.5. The molecule has 1 aliphatic carbocycles. The van der Waals surface area contributed by atoms with E-state index in [1.54, 1.807) is 12.3 Å². The van der Waals surface area contributed by atoms with Crippen molar-refractivity contribution in [1.29, 1.82) is 0 Å². The number of carbonyl (C=O) groups excluding carboxylic acids is 1. The number of anilines is 4. The summed E-state index contributed by atoms with van der Waals surface area (Å²) in [7, 11) is -4.57. The number of aryl methyl sites for hydroxylation is 1. The monoisotopic (exact) mass is 936 g/mol. The standard InChI is InChI=1S/C49H57ClN8O7S/c1-32-25-34(5-9-41(32)50)40-29-49(2,3)15-11-36(40)31-55-18-20-56(21-19-55)37-6-8-39(43(27-37)57-17-4-22-65-48-45(57)26-35-12-16-51-46(35)53-48)47(59)54-66(62,63)38-7-10-42(44(28-38)58(60)61)52-30-33-13-23-64-24-14-33/h5-10,12,16,25-28,33,52H,4,11,13-15,17-24,29-31H2,1-3H3,(H,51,53)(H,54,59). The Kier molecular flexibility index (Phi) is 13.0. The lowest BCUT2D eigenvalue weighted by Crippen LogP contribution is -2.47. The molecule has 1 amide bonds. The Balaban J connectivity index is 0.987. The minimum Gasteiger partial charge on any atom is -0.476 e. The highest BCUT2D eigenvalue weighted by Crippen LogP contribution is 2.44. The minimum absolute atomic E-state index is 0.115. The van der Waals surface area contributed by atoms with Crippen LogP contribution >= 0.6 is 11.6 Å². The fourth-order valence-electron chi connectivity index (χ4n) is 9.65. The van der Waals surface area contributed by atoms with Gasteiger partial charge in [-0.1, -0.05) is 43.2 Å². The highest BCUT2D eigenvalue weighted by molar-refractivity contribution is 7.90. The number of amides is 1. The van der Waals surface area contributed by atoms with Gasteiger partial charge in [0, 0.05) is 87.4 Å². The Morgan fingerprint density at radius 2 is 1.79 bits per heavy atom. The third kappa shape index (κ3) is 9.87. The van der Waals surface area contributed by atoms with Gasteiger partial charge < -0.3 is 29.6 Å². The van der Waals surface area contributed by atoms with E-state index in [2.05, 4.69) is 57.7 Å². The highest BCUT2D eigenvalue weighted by atomic mass is 35.5. The molecule has 17 heteroatoms. The molecule has 3 aromatic carbocycles. The maximum atomic E-state index is 14.4. The van der Waals surface area contributed by atoms with Gasteiger partial charge in [0.15, 0.2) is 0 Å². The zero-order valence-electron chi connectivity index (χ0n) is 37.7. The number of aromatic amines is 1. The number of nitrogens with one attached hydrogen (secondary N) is 3. The van der Waals surface area contributed by atoms with Gasteiger partial charge in [0.05, 0.1) is 27.7 Å². The number of piperazine rings is 1. The van der Waals surface area contributed by atoms with Gasteiger partial charge in [-0.25, -0.2) is 13.1 Å². The number of H-pyrrole nitrogens is 1. The van der Waals surface area contributed by atoms with Gasteiger partial charge in [0.25, 0.3) is 21.6 Å². The number of nitro benzene ring substituents is 1. The average Bonchev–Trinajstić information content (AvgIpc) is 3.67. The lowest BCUT2D eigenvalue weighted by molar-refractivity contribution is -0.384. The van der Waals surface area contributed by atoms with Crippen LogP contribution in [-0.2, 0) is 14.8 Å². The SMILES string of the molecule is Cc1cc(C2=C(CN3CCN(c4ccc(C(=O)NS(=O)(=O)c5ccc(NCC6CCOCC6)c([N+](=O)[O-])c5)c(N5CCCOc6nc7[nH]ccc7cc65)c4)CC3)CCC(C)(C)C2)ccc1Cl. The molecule has 4 aliphatic rings. The summed E-state index contributed by atoms with van der Waals surface area (Å²) in [5.41, 5.74) is 8.07. The zero-order valence-corrected chi connectivity index (χ0v) is 39.3. The number of hydrogen-bond donors (Lipinski definition) is 3. The van der Waals surface area contributed by atoms with E-state index in [-0.39, 0.29) is 22.6 Å². The van der Waals surface area contributed by atoms with Gasteiger partial charge in [0.2, 0.25) is 5.88 Å². The molecule has 0 spiro atoms. The number of fused-ring (bicyclic) bond motifs is 2. The summed E-state index contributed by atoms with van der Waals surface area (Å²) in [6, 6.07) is 19.4. The van der Waals surface area contributed by atoms with E-state index in [0.29, 0.717) is 62.2 Å². The van der Waals surface area contributed by atoms with Crippen LogP contribution in [0.15, 0.2) is 83.4 Å². The zero-order chi connectivity index (χ0) is 46.2. The largest absolute Gasteiger partial charge is 0.476 e. The Morgan fingerprint density at radius 3 is 2.56 bits per heavy atom. The third-order valence-electron chi connectivity index (χ3n) is 13.5. The summed E-state index contributed by atoms with van der Waals surface area (Å²) in [6.45, 7) is 13.4. The smallest absolute Gasteiger partial charge is 0.293 e. The molecule has 9 rings (SSSR count). The normalized spacial score (nSPS) is 18.4. The van der Waals surface area contributed by atoms with Crippen LogP contribution < -0.4 is 24.6 Å². The van der Waals surface area contributed by atoms with Crippen molar-refractivity contribution in [2.45, 2.75) is 64.2 Å². The van der Waals surface area contributed by atoms with Crippen LogP contribution in [-0.4, -0.2) is 99.8 Å². The second-order valence-electron chi connectivity index (χ2n) is 18.7. The quantitative estimate of drug-likeness (QED) is 0.0801. The Bertz CT molecular complexity index is 2800. The van der Waals surface area contributed by atoms with E-state index < -0.39 is 31.4 Å². The first-order valence-electron chi connectivity index (χ1n) is 22.9. The molecule has 0 unspecified atom stereocenters. The van der Waals surface area contributed by atoms with Crippen LogP contribution in [0.4, 0.5) is 28.4 Å². The molecule has 2 fully saturated rings. The number of rotatable bonds is 12. The van der Waals surface area contributed by atoms with Gasteiger partial charge in [-0.05, 0) is 122 Å². The molecule has 2 saturated heterocycles. The lowest BCUT2D eigenvalue weighted by Gasteiger charge is -2.39. The lowest BCUT2D eigenvalue weighted by atomic mass is 9.72. The molecule has 5 heterocycles. The fourth-order valence-corrected chi connectivity index (χ4v) is 10.8. The molecule has 5 aromatic rings. The number of ether oxygens (including phenoxy) is 2. The van der Waals surface area contributed by atoms with Crippen molar-refractivity contribution in [3.63, 3.8) is 0 Å². The predicted molar refractivity (Wildman–Crippen MR) is 259 cm³/mol. The number of halogens is 1. The molecule has 3 aliphatic heterocycles. The van der Waals surface area contributed by atoms with Crippen LogP contribution in [0.1, 0.15) is 73.9 Å². The Morgan fingerprint density at radius 1 is 0.985 bits per heavy atom.